The molecule has 0 radical (unpaired) electrons. The van der Waals surface area contributed by atoms with Gasteiger partial charge in [-0.05, 0) is 22.0 Å². The number of halogens is 1. The fraction of sp³-hybridized carbons (Fsp3) is 0.286. The number of non-ortho nitro benzene ring substituents is 1. The number of benzene rings is 1. The lowest BCUT2D eigenvalue weighted by molar-refractivity contribution is -0.384. The molecule has 1 heterocycles. The second kappa shape index (κ2) is 6.69. The fourth-order valence-electron chi connectivity index (χ4n) is 1.94. The summed E-state index contributed by atoms with van der Waals surface area (Å²) in [6, 6.07) is 4.71. The SMILES string of the molecule is CN(C)c1ncc(CN(C)c2ccc([N+](=O)[O-])cc2Br)cn1. The van der Waals surface area contributed by atoms with Crippen molar-refractivity contribution in [2.75, 3.05) is 30.9 Å². The van der Waals surface area contributed by atoms with E-state index in [4.69, 9.17) is 0 Å². The van der Waals surface area contributed by atoms with Gasteiger partial charge in [0.05, 0.1) is 10.6 Å². The molecule has 1 aromatic heterocycles. The summed E-state index contributed by atoms with van der Waals surface area (Å²) in [6.07, 6.45) is 3.55. The first kappa shape index (κ1) is 16.2. The summed E-state index contributed by atoms with van der Waals surface area (Å²) in [5.74, 6) is 0.655. The molecule has 0 spiro atoms. The average molecular weight is 366 g/mol. The Labute approximate surface area is 136 Å². The maximum absolute atomic E-state index is 10.8. The third-order valence-corrected chi connectivity index (χ3v) is 3.70. The average Bonchev–Trinajstić information content (AvgIpc) is 2.47. The molecule has 0 aliphatic carbocycles. The predicted octanol–water partition coefficient (Wildman–Crippen LogP) is 2.85. The van der Waals surface area contributed by atoms with Crippen molar-refractivity contribution in [2.45, 2.75) is 6.54 Å². The summed E-state index contributed by atoms with van der Waals surface area (Å²) < 4.78 is 0.676. The van der Waals surface area contributed by atoms with Crippen molar-refractivity contribution in [2.24, 2.45) is 0 Å². The van der Waals surface area contributed by atoms with Crippen LogP contribution in [-0.4, -0.2) is 36.0 Å². The highest BCUT2D eigenvalue weighted by molar-refractivity contribution is 9.10. The molecule has 0 N–H and O–H groups in total. The van der Waals surface area contributed by atoms with Crippen LogP contribution in [0.4, 0.5) is 17.3 Å². The number of anilines is 2. The van der Waals surface area contributed by atoms with E-state index in [0.717, 1.165) is 11.3 Å². The van der Waals surface area contributed by atoms with Gasteiger partial charge in [-0.1, -0.05) is 0 Å². The van der Waals surface area contributed by atoms with E-state index in [1.807, 2.05) is 30.9 Å². The van der Waals surface area contributed by atoms with Gasteiger partial charge in [0.1, 0.15) is 0 Å². The van der Waals surface area contributed by atoms with Crippen LogP contribution < -0.4 is 9.80 Å². The van der Waals surface area contributed by atoms with Gasteiger partial charge in [0.15, 0.2) is 0 Å². The largest absolute Gasteiger partial charge is 0.369 e. The summed E-state index contributed by atoms with van der Waals surface area (Å²) in [7, 11) is 5.68. The smallest absolute Gasteiger partial charge is 0.270 e. The summed E-state index contributed by atoms with van der Waals surface area (Å²) in [6.45, 7) is 0.601. The van der Waals surface area contributed by atoms with Gasteiger partial charge in [-0.2, -0.15) is 0 Å². The molecule has 0 aliphatic heterocycles. The van der Waals surface area contributed by atoms with Crippen molar-refractivity contribution in [3.8, 4) is 0 Å². The number of hydrogen-bond acceptors (Lipinski definition) is 6. The zero-order chi connectivity index (χ0) is 16.3. The van der Waals surface area contributed by atoms with Crippen LogP contribution in [0.25, 0.3) is 0 Å². The Morgan fingerprint density at radius 2 is 1.86 bits per heavy atom. The minimum Gasteiger partial charge on any atom is -0.369 e. The molecular formula is C14H16BrN5O2. The Balaban J connectivity index is 2.15. The van der Waals surface area contributed by atoms with Crippen molar-refractivity contribution in [3.63, 3.8) is 0 Å². The summed E-state index contributed by atoms with van der Waals surface area (Å²) >= 11 is 3.38. The molecule has 116 valence electrons. The van der Waals surface area contributed by atoms with Gasteiger partial charge >= 0.3 is 0 Å². The maximum Gasteiger partial charge on any atom is 0.270 e. The molecule has 22 heavy (non-hydrogen) atoms. The Hall–Kier alpha value is -2.22. The minimum atomic E-state index is -0.414. The van der Waals surface area contributed by atoms with E-state index in [1.54, 1.807) is 18.5 Å². The molecule has 1 aromatic carbocycles. The minimum absolute atomic E-state index is 0.0581. The van der Waals surface area contributed by atoms with Crippen LogP contribution in [0.15, 0.2) is 35.1 Å². The molecule has 0 amide bonds. The normalized spacial score (nSPS) is 10.4. The quantitative estimate of drug-likeness (QED) is 0.598. The van der Waals surface area contributed by atoms with Gasteiger partial charge < -0.3 is 9.80 Å². The topological polar surface area (TPSA) is 75.4 Å². The van der Waals surface area contributed by atoms with Crippen LogP contribution in [-0.2, 0) is 6.54 Å². The second-order valence-corrected chi connectivity index (χ2v) is 5.89. The lowest BCUT2D eigenvalue weighted by atomic mass is 10.2. The summed E-state index contributed by atoms with van der Waals surface area (Å²) in [5.41, 5.74) is 1.88. The molecule has 0 saturated carbocycles. The van der Waals surface area contributed by atoms with E-state index in [1.165, 1.54) is 12.1 Å². The van der Waals surface area contributed by atoms with Crippen LogP contribution in [0.5, 0.6) is 0 Å². The highest BCUT2D eigenvalue weighted by Gasteiger charge is 2.12. The summed E-state index contributed by atoms with van der Waals surface area (Å²) in [5, 5.41) is 10.8. The highest BCUT2D eigenvalue weighted by atomic mass is 79.9. The van der Waals surface area contributed by atoms with E-state index in [9.17, 15) is 10.1 Å². The van der Waals surface area contributed by atoms with E-state index in [2.05, 4.69) is 25.9 Å². The van der Waals surface area contributed by atoms with Crippen LogP contribution in [0.2, 0.25) is 0 Å². The third-order valence-electron chi connectivity index (χ3n) is 3.06. The zero-order valence-corrected chi connectivity index (χ0v) is 14.1. The number of nitro benzene ring substituents is 1. The molecule has 0 saturated heterocycles. The monoisotopic (exact) mass is 365 g/mol. The predicted molar refractivity (Wildman–Crippen MR) is 89.3 cm³/mol. The van der Waals surface area contributed by atoms with Crippen LogP contribution >= 0.6 is 15.9 Å². The fourth-order valence-corrected chi connectivity index (χ4v) is 2.61. The zero-order valence-electron chi connectivity index (χ0n) is 12.5. The van der Waals surface area contributed by atoms with Gasteiger partial charge in [-0.25, -0.2) is 9.97 Å². The lowest BCUT2D eigenvalue weighted by Crippen LogP contribution is -2.18. The third kappa shape index (κ3) is 3.70. The van der Waals surface area contributed by atoms with Crippen LogP contribution in [0.3, 0.4) is 0 Å². The molecule has 2 rings (SSSR count). The van der Waals surface area contributed by atoms with E-state index in [0.29, 0.717) is 17.0 Å². The first-order chi connectivity index (χ1) is 10.4. The van der Waals surface area contributed by atoms with Crippen molar-refractivity contribution < 1.29 is 4.92 Å². The van der Waals surface area contributed by atoms with Crippen molar-refractivity contribution in [3.05, 3.63) is 50.7 Å². The van der Waals surface area contributed by atoms with Crippen molar-refractivity contribution in [1.82, 2.24) is 9.97 Å². The standard InChI is InChI=1S/C14H16BrN5O2/c1-18(2)14-16-7-10(8-17-14)9-19(3)13-5-4-11(20(21)22)6-12(13)15/h4-8H,9H2,1-3H3. The maximum atomic E-state index is 10.8. The molecule has 0 aliphatic rings. The van der Waals surface area contributed by atoms with Gasteiger partial charge in [0.25, 0.3) is 5.69 Å². The summed E-state index contributed by atoms with van der Waals surface area (Å²) in [4.78, 5) is 22.7. The van der Waals surface area contributed by atoms with Gasteiger partial charge in [0, 0.05) is 62.3 Å². The number of rotatable bonds is 5. The van der Waals surface area contributed by atoms with Gasteiger partial charge in [0.2, 0.25) is 5.95 Å². The number of aromatic nitrogens is 2. The van der Waals surface area contributed by atoms with Gasteiger partial charge in [-0.15, -0.1) is 0 Å². The van der Waals surface area contributed by atoms with Crippen molar-refractivity contribution >= 4 is 33.3 Å². The number of hydrogen-bond donors (Lipinski definition) is 0. The number of nitrogens with zero attached hydrogens (tertiary/aromatic N) is 5. The lowest BCUT2D eigenvalue weighted by Gasteiger charge is -2.20. The van der Waals surface area contributed by atoms with Crippen LogP contribution in [0.1, 0.15) is 5.56 Å². The molecular weight excluding hydrogens is 350 g/mol. The Morgan fingerprint density at radius 3 is 2.36 bits per heavy atom. The molecule has 0 bridgehead atoms. The Bertz CT molecular complexity index is 675. The number of nitro groups is 1. The molecule has 7 nitrogen and oxygen atoms in total. The first-order valence-electron chi connectivity index (χ1n) is 6.52. The van der Waals surface area contributed by atoms with Crippen molar-refractivity contribution in [1.29, 1.82) is 0 Å². The van der Waals surface area contributed by atoms with E-state index >= 15 is 0 Å². The molecule has 2 aromatic rings. The first-order valence-corrected chi connectivity index (χ1v) is 7.31. The molecule has 8 heteroatoms. The molecule has 0 unspecified atom stereocenters. The second-order valence-electron chi connectivity index (χ2n) is 5.03. The van der Waals surface area contributed by atoms with E-state index in [-0.39, 0.29) is 5.69 Å². The Morgan fingerprint density at radius 1 is 1.23 bits per heavy atom. The molecule has 0 atom stereocenters. The van der Waals surface area contributed by atoms with Crippen LogP contribution in [0, 0.1) is 10.1 Å². The Kier molecular flexibility index (Phi) is 4.92. The van der Waals surface area contributed by atoms with E-state index < -0.39 is 4.92 Å². The molecule has 0 fully saturated rings. The van der Waals surface area contributed by atoms with Gasteiger partial charge in [-0.3, -0.25) is 10.1 Å². The highest BCUT2D eigenvalue weighted by Crippen LogP contribution is 2.30.